The molecule has 10 heteroatoms. The van der Waals surface area contributed by atoms with Crippen LogP contribution in [0.15, 0.2) is 30.5 Å². The van der Waals surface area contributed by atoms with Crippen LogP contribution in [0.2, 0.25) is 0 Å². The summed E-state index contributed by atoms with van der Waals surface area (Å²) < 4.78 is 21.1. The first kappa shape index (κ1) is 27.3. The molecule has 0 radical (unpaired) electrons. The number of piperazine rings is 1. The lowest BCUT2D eigenvalue weighted by molar-refractivity contribution is 0.183. The standard InChI is InChI=1S/C33H32FN7O2/c1-4-23-27(34)8-5-19-11-22(42)12-24(28(19)23)26-14-36-30-29(25(26)13-35)38-32(43-18-33(9-10-33)17-40(2)3)39-31(30)41-15-20-6-7-21(16-41)37-20/h1,5,8,11-12,14,20-21,37,42H,6-7,9-10,15-18H2,2-3H3. The Morgan fingerprint density at radius 2 is 1.91 bits per heavy atom. The van der Waals surface area contributed by atoms with Crippen molar-refractivity contribution in [1.82, 2.24) is 25.2 Å². The number of aromatic nitrogens is 3. The number of phenols is 1. The summed E-state index contributed by atoms with van der Waals surface area (Å²) in [7, 11) is 4.11. The SMILES string of the molecule is C#Cc1c(F)ccc2cc(O)cc(-c3cnc4c(N5CC6CCC(C5)N6)nc(OCC5(CN(C)C)CC5)nc4c3C#N)c12. The fourth-order valence-corrected chi connectivity index (χ4v) is 6.80. The van der Waals surface area contributed by atoms with Gasteiger partial charge in [-0.25, -0.2) is 9.37 Å². The first-order valence-electron chi connectivity index (χ1n) is 14.6. The van der Waals surface area contributed by atoms with Gasteiger partial charge in [0, 0.05) is 54.3 Å². The predicted octanol–water partition coefficient (Wildman–Crippen LogP) is 4.20. The lowest BCUT2D eigenvalue weighted by atomic mass is 9.92. The third-order valence-electron chi connectivity index (χ3n) is 8.90. The number of rotatable bonds is 7. The highest BCUT2D eigenvalue weighted by Crippen LogP contribution is 2.46. The summed E-state index contributed by atoms with van der Waals surface area (Å²) in [5.74, 6) is 2.48. The maximum atomic E-state index is 14.9. The highest BCUT2D eigenvalue weighted by atomic mass is 19.1. The van der Waals surface area contributed by atoms with Crippen LogP contribution < -0.4 is 15.0 Å². The van der Waals surface area contributed by atoms with Gasteiger partial charge in [0.1, 0.15) is 28.7 Å². The zero-order chi connectivity index (χ0) is 29.9. The van der Waals surface area contributed by atoms with E-state index in [0.29, 0.717) is 57.4 Å². The Hall–Kier alpha value is -4.51. The molecule has 2 N–H and O–H groups in total. The smallest absolute Gasteiger partial charge is 0.319 e. The zero-order valence-electron chi connectivity index (χ0n) is 24.2. The highest BCUT2D eigenvalue weighted by Gasteiger charge is 2.44. The van der Waals surface area contributed by atoms with Gasteiger partial charge in [0.05, 0.1) is 17.7 Å². The van der Waals surface area contributed by atoms with Gasteiger partial charge in [-0.1, -0.05) is 12.0 Å². The normalized spacial score (nSPS) is 20.4. The third-order valence-corrected chi connectivity index (χ3v) is 8.90. The molecule has 3 aliphatic rings. The Bertz CT molecular complexity index is 1850. The molecule has 0 amide bonds. The summed E-state index contributed by atoms with van der Waals surface area (Å²) >= 11 is 0. The Kier molecular flexibility index (Phi) is 6.57. The molecule has 2 bridgehead atoms. The average molecular weight is 578 g/mol. The molecule has 4 aromatic rings. The number of halogens is 1. The number of phenolic OH excluding ortho intramolecular Hbond substituents is 1. The fraction of sp³-hybridized carbons (Fsp3) is 0.394. The van der Waals surface area contributed by atoms with Crippen LogP contribution in [0.25, 0.3) is 32.9 Å². The van der Waals surface area contributed by atoms with Crippen molar-refractivity contribution in [2.24, 2.45) is 5.41 Å². The predicted molar refractivity (Wildman–Crippen MR) is 162 cm³/mol. The first-order chi connectivity index (χ1) is 20.8. The summed E-state index contributed by atoms with van der Waals surface area (Å²) in [5.41, 5.74) is 1.97. The quantitative estimate of drug-likeness (QED) is 0.312. The number of hydrogen-bond donors (Lipinski definition) is 2. The number of pyridine rings is 1. The van der Waals surface area contributed by atoms with Crippen LogP contribution in [-0.4, -0.2) is 77.4 Å². The van der Waals surface area contributed by atoms with Crippen molar-refractivity contribution in [3.8, 4) is 41.3 Å². The van der Waals surface area contributed by atoms with Crippen LogP contribution in [-0.2, 0) is 0 Å². The van der Waals surface area contributed by atoms with E-state index in [-0.39, 0.29) is 28.3 Å². The van der Waals surface area contributed by atoms with Gasteiger partial charge < -0.3 is 25.0 Å². The second kappa shape index (κ2) is 10.3. The topological polar surface area (TPSA) is 110 Å². The largest absolute Gasteiger partial charge is 0.508 e. The van der Waals surface area contributed by atoms with Crippen molar-refractivity contribution in [1.29, 1.82) is 5.26 Å². The van der Waals surface area contributed by atoms with Crippen LogP contribution in [0.3, 0.4) is 0 Å². The average Bonchev–Trinajstić information content (AvgIpc) is 3.67. The maximum Gasteiger partial charge on any atom is 0.319 e. The van der Waals surface area contributed by atoms with Crippen molar-refractivity contribution in [2.45, 2.75) is 37.8 Å². The van der Waals surface area contributed by atoms with Crippen molar-refractivity contribution in [2.75, 3.05) is 45.2 Å². The van der Waals surface area contributed by atoms with Gasteiger partial charge in [-0.15, -0.1) is 6.42 Å². The third kappa shape index (κ3) is 4.87. The van der Waals surface area contributed by atoms with E-state index in [1.54, 1.807) is 12.3 Å². The van der Waals surface area contributed by atoms with Crippen LogP contribution in [0.5, 0.6) is 11.8 Å². The molecular weight excluding hydrogens is 545 g/mol. The minimum Gasteiger partial charge on any atom is -0.508 e. The minimum atomic E-state index is -0.561. The molecule has 2 aromatic heterocycles. The molecule has 2 saturated heterocycles. The lowest BCUT2D eigenvalue weighted by Crippen LogP contribution is -2.51. The molecule has 0 spiro atoms. The van der Waals surface area contributed by atoms with Gasteiger partial charge in [-0.2, -0.15) is 15.2 Å². The molecule has 218 valence electrons. The van der Waals surface area contributed by atoms with Gasteiger partial charge in [0.2, 0.25) is 0 Å². The molecular formula is C33H32FN7O2. The van der Waals surface area contributed by atoms with Crippen LogP contribution in [0.1, 0.15) is 36.8 Å². The summed E-state index contributed by atoms with van der Waals surface area (Å²) in [6.45, 7) is 2.90. The van der Waals surface area contributed by atoms with E-state index < -0.39 is 5.82 Å². The van der Waals surface area contributed by atoms with E-state index in [9.17, 15) is 14.8 Å². The van der Waals surface area contributed by atoms with E-state index in [0.717, 1.165) is 45.3 Å². The molecule has 2 unspecified atom stereocenters. The number of anilines is 1. The van der Waals surface area contributed by atoms with E-state index in [2.05, 4.69) is 41.2 Å². The molecule has 3 fully saturated rings. The Balaban J connectivity index is 1.41. The molecule has 4 heterocycles. The zero-order valence-corrected chi connectivity index (χ0v) is 24.2. The second-order valence-corrected chi connectivity index (χ2v) is 12.4. The van der Waals surface area contributed by atoms with Gasteiger partial charge >= 0.3 is 6.01 Å². The summed E-state index contributed by atoms with van der Waals surface area (Å²) in [4.78, 5) is 18.8. The second-order valence-electron chi connectivity index (χ2n) is 12.4. The molecule has 9 nitrogen and oxygen atoms in total. The van der Waals surface area contributed by atoms with Crippen LogP contribution in [0.4, 0.5) is 10.2 Å². The van der Waals surface area contributed by atoms with Crippen molar-refractivity contribution < 1.29 is 14.2 Å². The van der Waals surface area contributed by atoms with Crippen molar-refractivity contribution >= 4 is 27.6 Å². The molecule has 1 saturated carbocycles. The van der Waals surface area contributed by atoms with Crippen LogP contribution >= 0.6 is 0 Å². The van der Waals surface area contributed by atoms with Crippen molar-refractivity contribution in [3.05, 3.63) is 47.4 Å². The molecule has 1 aliphatic carbocycles. The number of terminal acetylenes is 1. The molecule has 2 aromatic carbocycles. The number of benzene rings is 2. The number of ether oxygens (including phenoxy) is 1. The Morgan fingerprint density at radius 1 is 1.14 bits per heavy atom. The molecule has 43 heavy (non-hydrogen) atoms. The van der Waals surface area contributed by atoms with Gasteiger partial charge in [0.25, 0.3) is 0 Å². The van der Waals surface area contributed by atoms with E-state index in [1.165, 1.54) is 18.2 Å². The fourth-order valence-electron chi connectivity index (χ4n) is 6.80. The van der Waals surface area contributed by atoms with Crippen molar-refractivity contribution in [3.63, 3.8) is 0 Å². The monoisotopic (exact) mass is 577 g/mol. The number of nitriles is 1. The highest BCUT2D eigenvalue weighted by molar-refractivity contribution is 6.05. The lowest BCUT2D eigenvalue weighted by Gasteiger charge is -2.34. The molecule has 2 aliphatic heterocycles. The number of nitrogens with zero attached hydrogens (tertiary/aromatic N) is 6. The Morgan fingerprint density at radius 3 is 2.58 bits per heavy atom. The van der Waals surface area contributed by atoms with Gasteiger partial charge in [-0.3, -0.25) is 0 Å². The molecule has 7 rings (SSSR count). The molecule has 2 atom stereocenters. The first-order valence-corrected chi connectivity index (χ1v) is 14.6. The van der Waals surface area contributed by atoms with E-state index in [4.69, 9.17) is 26.1 Å². The number of aromatic hydroxyl groups is 1. The summed E-state index contributed by atoms with van der Waals surface area (Å²) in [5, 5.41) is 25.8. The number of nitrogens with one attached hydrogen (secondary N) is 1. The van der Waals surface area contributed by atoms with Gasteiger partial charge in [-0.05, 0) is 68.9 Å². The van der Waals surface area contributed by atoms with Crippen LogP contribution in [0, 0.1) is 34.9 Å². The summed E-state index contributed by atoms with van der Waals surface area (Å²) in [6.07, 6.45) is 11.6. The number of fused-ring (bicyclic) bond motifs is 4. The summed E-state index contributed by atoms with van der Waals surface area (Å²) in [6, 6.07) is 9.07. The van der Waals surface area contributed by atoms with E-state index >= 15 is 0 Å². The number of hydrogen-bond acceptors (Lipinski definition) is 9. The minimum absolute atomic E-state index is 0.0413. The van der Waals surface area contributed by atoms with E-state index in [1.807, 2.05) is 0 Å². The van der Waals surface area contributed by atoms with Gasteiger partial charge in [0.15, 0.2) is 5.82 Å². The Labute approximate surface area is 249 Å². The maximum absolute atomic E-state index is 14.9.